The molecule has 11 heteroatoms. The number of nitrogens with one attached hydrogen (secondary N) is 1. The summed E-state index contributed by atoms with van der Waals surface area (Å²) in [4.78, 5) is 28.9. The van der Waals surface area contributed by atoms with E-state index in [2.05, 4.69) is 26.2 Å². The molecule has 0 atom stereocenters. The number of nitrogens with zero attached hydrogens (tertiary/aromatic N) is 2. The van der Waals surface area contributed by atoms with Crippen molar-refractivity contribution < 1.29 is 22.7 Å². The Bertz CT molecular complexity index is 1320. The molecule has 1 N–H and O–H groups in total. The minimum Gasteiger partial charge on any atom is -0.456 e. The number of thiazole rings is 1. The first-order valence-corrected chi connectivity index (χ1v) is 14.7. The van der Waals surface area contributed by atoms with Gasteiger partial charge in [0, 0.05) is 34.9 Å². The Morgan fingerprint density at radius 1 is 1.08 bits per heavy atom. The van der Waals surface area contributed by atoms with E-state index in [0.717, 1.165) is 40.6 Å². The minimum atomic E-state index is -3.48. The molecule has 0 saturated carbocycles. The molecule has 0 radical (unpaired) electrons. The van der Waals surface area contributed by atoms with Crippen molar-refractivity contribution >= 4 is 54.3 Å². The standard InChI is InChI=1S/C25H26BrN3O5S2/c26-20-6-4-5-19(15-20)22-17-35-25(27-22)28-23(30)16-34-24(31)12-9-18-7-10-21(11-8-18)36(32,33)29-13-2-1-3-14-29/h4-8,10-11,15,17H,1-3,9,12-14,16H2,(H,27,28,30). The van der Waals surface area contributed by atoms with E-state index in [4.69, 9.17) is 4.74 Å². The fourth-order valence-corrected chi connectivity index (χ4v) is 6.47. The molecule has 1 aromatic heterocycles. The third-order valence-corrected chi connectivity index (χ3v) is 8.89. The highest BCUT2D eigenvalue weighted by molar-refractivity contribution is 9.10. The van der Waals surface area contributed by atoms with Crippen LogP contribution in [0.15, 0.2) is 63.3 Å². The maximum Gasteiger partial charge on any atom is 0.306 e. The number of anilines is 1. The van der Waals surface area contributed by atoms with E-state index in [1.807, 2.05) is 29.6 Å². The van der Waals surface area contributed by atoms with E-state index in [-0.39, 0.29) is 11.3 Å². The molecule has 1 saturated heterocycles. The molecular formula is C25H26BrN3O5S2. The lowest BCUT2D eigenvalue weighted by Gasteiger charge is -2.25. The van der Waals surface area contributed by atoms with Crippen LogP contribution in [0, 0.1) is 0 Å². The Labute approximate surface area is 222 Å². The summed E-state index contributed by atoms with van der Waals surface area (Å²) in [6.07, 6.45) is 3.28. The van der Waals surface area contributed by atoms with Gasteiger partial charge in [0.15, 0.2) is 11.7 Å². The normalized spacial score (nSPS) is 14.4. The van der Waals surface area contributed by atoms with Gasteiger partial charge in [-0.3, -0.25) is 14.9 Å². The zero-order valence-electron chi connectivity index (χ0n) is 19.5. The maximum atomic E-state index is 12.7. The molecule has 36 heavy (non-hydrogen) atoms. The van der Waals surface area contributed by atoms with Crippen LogP contribution in [-0.2, 0) is 30.8 Å². The number of piperidine rings is 1. The second-order valence-corrected chi connectivity index (χ2v) is 12.1. The molecule has 8 nitrogen and oxygen atoms in total. The van der Waals surface area contributed by atoms with Gasteiger partial charge in [-0.1, -0.05) is 46.6 Å². The van der Waals surface area contributed by atoms with E-state index in [1.165, 1.54) is 15.6 Å². The number of carbonyl (C=O) groups is 2. The van der Waals surface area contributed by atoms with Crippen LogP contribution in [0.4, 0.5) is 5.13 Å². The third kappa shape index (κ3) is 7.00. The van der Waals surface area contributed by atoms with Gasteiger partial charge in [0.2, 0.25) is 10.0 Å². The van der Waals surface area contributed by atoms with Crippen LogP contribution in [0.1, 0.15) is 31.2 Å². The molecule has 2 heterocycles. The molecule has 1 amide bonds. The largest absolute Gasteiger partial charge is 0.456 e. The van der Waals surface area contributed by atoms with E-state index in [9.17, 15) is 18.0 Å². The SMILES string of the molecule is O=C(COC(=O)CCc1ccc(S(=O)(=O)N2CCCCC2)cc1)Nc1nc(-c2cccc(Br)c2)cs1. The van der Waals surface area contributed by atoms with Crippen molar-refractivity contribution in [3.63, 3.8) is 0 Å². The Kier molecular flexibility index (Phi) is 8.89. The van der Waals surface area contributed by atoms with Gasteiger partial charge < -0.3 is 4.74 Å². The number of hydrogen-bond acceptors (Lipinski definition) is 7. The van der Waals surface area contributed by atoms with Crippen LogP contribution in [0.5, 0.6) is 0 Å². The predicted molar refractivity (Wildman–Crippen MR) is 142 cm³/mol. The Morgan fingerprint density at radius 3 is 2.56 bits per heavy atom. The number of sulfonamides is 1. The summed E-state index contributed by atoms with van der Waals surface area (Å²) in [7, 11) is -3.48. The van der Waals surface area contributed by atoms with Gasteiger partial charge in [0.1, 0.15) is 0 Å². The highest BCUT2D eigenvalue weighted by Gasteiger charge is 2.25. The van der Waals surface area contributed by atoms with E-state index < -0.39 is 28.5 Å². The number of aromatic nitrogens is 1. The third-order valence-electron chi connectivity index (χ3n) is 5.73. The van der Waals surface area contributed by atoms with Crippen molar-refractivity contribution in [2.45, 2.75) is 37.0 Å². The van der Waals surface area contributed by atoms with Crippen LogP contribution < -0.4 is 5.32 Å². The van der Waals surface area contributed by atoms with Gasteiger partial charge in [-0.05, 0) is 49.1 Å². The number of amides is 1. The summed E-state index contributed by atoms with van der Waals surface area (Å²) in [5.74, 6) is -0.977. The molecule has 1 fully saturated rings. The summed E-state index contributed by atoms with van der Waals surface area (Å²) in [5.41, 5.74) is 2.48. The smallest absolute Gasteiger partial charge is 0.306 e. The Morgan fingerprint density at radius 2 is 1.83 bits per heavy atom. The maximum absolute atomic E-state index is 12.7. The topological polar surface area (TPSA) is 106 Å². The summed E-state index contributed by atoms with van der Waals surface area (Å²) in [5, 5.41) is 4.90. The van der Waals surface area contributed by atoms with Gasteiger partial charge in [0.05, 0.1) is 10.6 Å². The van der Waals surface area contributed by atoms with Crippen molar-refractivity contribution in [3.8, 4) is 11.3 Å². The van der Waals surface area contributed by atoms with Crippen LogP contribution in [0.3, 0.4) is 0 Å². The molecule has 0 spiro atoms. The van der Waals surface area contributed by atoms with E-state index >= 15 is 0 Å². The fraction of sp³-hybridized carbons (Fsp3) is 0.320. The zero-order valence-corrected chi connectivity index (χ0v) is 22.7. The Balaban J connectivity index is 1.21. The van der Waals surface area contributed by atoms with Crippen molar-refractivity contribution in [2.24, 2.45) is 0 Å². The highest BCUT2D eigenvalue weighted by atomic mass is 79.9. The van der Waals surface area contributed by atoms with Gasteiger partial charge in [-0.2, -0.15) is 4.31 Å². The number of ether oxygens (including phenoxy) is 1. The molecule has 0 unspecified atom stereocenters. The summed E-state index contributed by atoms with van der Waals surface area (Å²) in [6, 6.07) is 14.3. The van der Waals surface area contributed by atoms with Crippen LogP contribution >= 0.6 is 27.3 Å². The summed E-state index contributed by atoms with van der Waals surface area (Å²) >= 11 is 4.71. The number of carbonyl (C=O) groups excluding carboxylic acids is 2. The van der Waals surface area contributed by atoms with Crippen LogP contribution in [0.25, 0.3) is 11.3 Å². The van der Waals surface area contributed by atoms with Gasteiger partial charge in [-0.25, -0.2) is 13.4 Å². The predicted octanol–water partition coefficient (Wildman–Crippen LogP) is 4.86. The molecule has 3 aromatic rings. The second-order valence-electron chi connectivity index (χ2n) is 8.37. The van der Waals surface area contributed by atoms with Crippen LogP contribution in [0.2, 0.25) is 0 Å². The molecule has 190 valence electrons. The lowest BCUT2D eigenvalue weighted by Crippen LogP contribution is -2.35. The average molecular weight is 593 g/mol. The van der Waals surface area contributed by atoms with E-state index in [0.29, 0.717) is 24.6 Å². The van der Waals surface area contributed by atoms with Crippen molar-refractivity contribution in [2.75, 3.05) is 25.0 Å². The summed E-state index contributed by atoms with van der Waals surface area (Å²) < 4.78 is 33.0. The first kappa shape index (κ1) is 26.5. The molecule has 0 bridgehead atoms. The quantitative estimate of drug-likeness (QED) is 0.356. The van der Waals surface area contributed by atoms with Gasteiger partial charge in [0.25, 0.3) is 5.91 Å². The molecule has 1 aliphatic rings. The number of benzene rings is 2. The first-order valence-electron chi connectivity index (χ1n) is 11.6. The number of aryl methyl sites for hydroxylation is 1. The molecule has 2 aromatic carbocycles. The molecule has 0 aliphatic carbocycles. The number of esters is 1. The van der Waals surface area contributed by atoms with Gasteiger partial charge in [-0.15, -0.1) is 11.3 Å². The number of hydrogen-bond donors (Lipinski definition) is 1. The van der Waals surface area contributed by atoms with Crippen molar-refractivity contribution in [1.82, 2.24) is 9.29 Å². The van der Waals surface area contributed by atoms with Gasteiger partial charge >= 0.3 is 5.97 Å². The Hall–Kier alpha value is -2.60. The fourth-order valence-electron chi connectivity index (χ4n) is 3.81. The van der Waals surface area contributed by atoms with Crippen molar-refractivity contribution in [3.05, 3.63) is 63.9 Å². The first-order chi connectivity index (χ1) is 17.3. The molecular weight excluding hydrogens is 566 g/mol. The minimum absolute atomic E-state index is 0.0792. The second kappa shape index (κ2) is 12.1. The zero-order chi connectivity index (χ0) is 25.5. The number of halogens is 1. The average Bonchev–Trinajstić information content (AvgIpc) is 3.35. The van der Waals surface area contributed by atoms with E-state index in [1.54, 1.807) is 24.3 Å². The summed E-state index contributed by atoms with van der Waals surface area (Å²) in [6.45, 7) is 0.702. The molecule has 1 aliphatic heterocycles. The molecule has 4 rings (SSSR count). The van der Waals surface area contributed by atoms with Crippen molar-refractivity contribution in [1.29, 1.82) is 0 Å². The number of rotatable bonds is 9. The van der Waals surface area contributed by atoms with Crippen LogP contribution in [-0.4, -0.2) is 49.3 Å². The lowest BCUT2D eigenvalue weighted by molar-refractivity contribution is -0.147. The lowest BCUT2D eigenvalue weighted by atomic mass is 10.1. The highest BCUT2D eigenvalue weighted by Crippen LogP contribution is 2.27. The monoisotopic (exact) mass is 591 g/mol.